The zero-order valence-corrected chi connectivity index (χ0v) is 13.7. The van der Waals surface area contributed by atoms with E-state index in [9.17, 15) is 8.42 Å². The van der Waals surface area contributed by atoms with Crippen LogP contribution in [0.25, 0.3) is 10.8 Å². The minimum atomic E-state index is -4.62. The third-order valence-electron chi connectivity index (χ3n) is 3.07. The fourth-order valence-corrected chi connectivity index (χ4v) is 3.04. The van der Waals surface area contributed by atoms with Crippen molar-refractivity contribution in [2.24, 2.45) is 5.10 Å². The maximum atomic E-state index is 11.1. The molecular weight excluding hydrogens is 363 g/mol. The van der Waals surface area contributed by atoms with Crippen LogP contribution in [0.3, 0.4) is 0 Å². The maximum Gasteiger partial charge on any atom is 0.393 e. The van der Waals surface area contributed by atoms with Crippen molar-refractivity contribution in [1.29, 1.82) is 0 Å². The average molecular weight is 373 g/mol. The summed E-state index contributed by atoms with van der Waals surface area (Å²) in [7, 11) is -4.62. The number of allylic oxidation sites excluding steroid dienone is 1. The molecule has 0 unspecified atom stereocenters. The van der Waals surface area contributed by atoms with Crippen LogP contribution in [-0.4, -0.2) is 22.7 Å². The molecule has 2 aromatic carbocycles. The van der Waals surface area contributed by atoms with E-state index in [-0.39, 0.29) is 20.5 Å². The number of hydrazone groups is 1. The minimum Gasteiger partial charge on any atom is -0.350 e. The highest BCUT2D eigenvalue weighted by Crippen LogP contribution is 2.27. The van der Waals surface area contributed by atoms with Crippen LogP contribution >= 0.6 is 23.2 Å². The molecule has 1 heterocycles. The number of nitrogens with one attached hydrogen (secondary N) is 2. The first-order valence-corrected chi connectivity index (χ1v) is 8.45. The maximum absolute atomic E-state index is 11.1. The van der Waals surface area contributed by atoms with Gasteiger partial charge in [0.05, 0.1) is 0 Å². The fraction of sp³-hybridized carbons (Fsp3) is 0. The molecule has 0 saturated carbocycles. The molecule has 0 atom stereocenters. The van der Waals surface area contributed by atoms with E-state index in [1.54, 1.807) is 0 Å². The van der Waals surface area contributed by atoms with Crippen LogP contribution < -0.4 is 10.7 Å². The molecule has 23 heavy (non-hydrogen) atoms. The molecule has 1 aliphatic heterocycles. The van der Waals surface area contributed by atoms with Crippen LogP contribution in [0, 0.1) is 0 Å². The first kappa shape index (κ1) is 15.9. The van der Waals surface area contributed by atoms with Crippen molar-refractivity contribution in [3.63, 3.8) is 0 Å². The highest BCUT2D eigenvalue weighted by molar-refractivity contribution is 7.83. The molecule has 0 bridgehead atoms. The minimum absolute atomic E-state index is 0.129. The zero-order chi connectivity index (χ0) is 16.6. The molecular formula is C13H10Cl2N4O3S. The number of fused-ring (bicyclic) bond motifs is 1. The number of hydrazine groups is 1. The molecule has 0 radical (unpaired) electrons. The monoisotopic (exact) mass is 372 g/mol. The first-order valence-electron chi connectivity index (χ1n) is 6.30. The molecule has 10 heteroatoms. The lowest BCUT2D eigenvalue weighted by Gasteiger charge is -2.24. The molecule has 3 N–H and O–H groups in total. The van der Waals surface area contributed by atoms with Gasteiger partial charge in [-0.05, 0) is 11.5 Å². The Bertz CT molecular complexity index is 938. The van der Waals surface area contributed by atoms with E-state index in [0.29, 0.717) is 5.69 Å². The van der Waals surface area contributed by atoms with Crippen molar-refractivity contribution < 1.29 is 13.0 Å². The summed E-state index contributed by atoms with van der Waals surface area (Å²) in [4.78, 5) is 0. The number of rotatable bonds is 3. The summed E-state index contributed by atoms with van der Waals surface area (Å²) in [5.74, 6) is 0. The van der Waals surface area contributed by atoms with E-state index in [4.69, 9.17) is 27.8 Å². The number of benzene rings is 2. The summed E-state index contributed by atoms with van der Waals surface area (Å²) in [6.07, 6.45) is 0. The van der Waals surface area contributed by atoms with E-state index in [2.05, 4.69) is 15.8 Å². The van der Waals surface area contributed by atoms with E-state index in [0.717, 1.165) is 10.8 Å². The van der Waals surface area contributed by atoms with Crippen molar-refractivity contribution in [1.82, 2.24) is 9.95 Å². The number of halogens is 2. The lowest BCUT2D eigenvalue weighted by Crippen LogP contribution is -2.41. The summed E-state index contributed by atoms with van der Waals surface area (Å²) in [5, 5.41) is 8.12. The van der Waals surface area contributed by atoms with Gasteiger partial charge in [0.2, 0.25) is 0 Å². The molecule has 0 aromatic heterocycles. The molecule has 0 aliphatic carbocycles. The van der Waals surface area contributed by atoms with Crippen LogP contribution in [-0.2, 0) is 10.3 Å². The number of anilines is 1. The van der Waals surface area contributed by atoms with Gasteiger partial charge in [-0.15, -0.1) is 5.10 Å². The van der Waals surface area contributed by atoms with Crippen molar-refractivity contribution in [2.45, 2.75) is 0 Å². The van der Waals surface area contributed by atoms with Gasteiger partial charge in [-0.1, -0.05) is 64.1 Å². The average Bonchev–Trinajstić information content (AvgIpc) is 2.50. The van der Waals surface area contributed by atoms with Gasteiger partial charge in [0.15, 0.2) is 5.17 Å². The number of hydrogen-bond acceptors (Lipinski definition) is 5. The molecule has 7 nitrogen and oxygen atoms in total. The normalized spacial score (nSPS) is 15.4. The first-order chi connectivity index (χ1) is 10.9. The Morgan fingerprint density at radius 1 is 1.13 bits per heavy atom. The highest BCUT2D eigenvalue weighted by Gasteiger charge is 2.26. The Hall–Kier alpha value is -2.00. The zero-order valence-electron chi connectivity index (χ0n) is 11.4. The molecule has 2 aromatic rings. The molecule has 0 spiro atoms. The summed E-state index contributed by atoms with van der Waals surface area (Å²) >= 11 is 12.0. The van der Waals surface area contributed by atoms with Gasteiger partial charge in [0.1, 0.15) is 10.9 Å². The quantitative estimate of drug-likeness (QED) is 0.568. The summed E-state index contributed by atoms with van der Waals surface area (Å²) in [6.45, 7) is 0. The summed E-state index contributed by atoms with van der Waals surface area (Å²) < 4.78 is 31.3. The Kier molecular flexibility index (Phi) is 4.07. The van der Waals surface area contributed by atoms with Crippen molar-refractivity contribution >= 4 is 55.1 Å². The van der Waals surface area contributed by atoms with Gasteiger partial charge in [-0.3, -0.25) is 9.98 Å². The largest absolute Gasteiger partial charge is 0.393 e. The van der Waals surface area contributed by atoms with Crippen LogP contribution in [0.4, 0.5) is 5.69 Å². The Balaban J connectivity index is 1.98. The van der Waals surface area contributed by atoms with Gasteiger partial charge in [-0.25, -0.2) is 0 Å². The molecule has 0 saturated heterocycles. The van der Waals surface area contributed by atoms with Gasteiger partial charge < -0.3 is 5.32 Å². The van der Waals surface area contributed by atoms with Crippen LogP contribution in [0.2, 0.25) is 0 Å². The van der Waals surface area contributed by atoms with Crippen LogP contribution in [0.15, 0.2) is 58.4 Å². The molecule has 1 aliphatic rings. The lowest BCUT2D eigenvalue weighted by atomic mass is 10.1. The van der Waals surface area contributed by atoms with Gasteiger partial charge in [-0.2, -0.15) is 8.42 Å². The van der Waals surface area contributed by atoms with E-state index >= 15 is 0 Å². The van der Waals surface area contributed by atoms with Crippen molar-refractivity contribution in [3.8, 4) is 0 Å². The molecule has 0 fully saturated rings. The van der Waals surface area contributed by atoms with Gasteiger partial charge in [0.25, 0.3) is 0 Å². The Morgan fingerprint density at radius 2 is 1.83 bits per heavy atom. The smallest absolute Gasteiger partial charge is 0.350 e. The van der Waals surface area contributed by atoms with Crippen LogP contribution in [0.5, 0.6) is 0 Å². The second kappa shape index (κ2) is 5.89. The Labute approximate surface area is 142 Å². The number of nitrogens with zero attached hydrogens (tertiary/aromatic N) is 2. The third kappa shape index (κ3) is 3.20. The lowest BCUT2D eigenvalue weighted by molar-refractivity contribution is 0.318. The Morgan fingerprint density at radius 3 is 2.52 bits per heavy atom. The van der Waals surface area contributed by atoms with Crippen LogP contribution in [0.1, 0.15) is 0 Å². The van der Waals surface area contributed by atoms with E-state index in [1.165, 1.54) is 0 Å². The van der Waals surface area contributed by atoms with E-state index < -0.39 is 10.3 Å². The predicted molar refractivity (Wildman–Crippen MR) is 90.3 cm³/mol. The molecule has 3 rings (SSSR count). The van der Waals surface area contributed by atoms with E-state index in [1.807, 2.05) is 42.5 Å². The molecule has 120 valence electrons. The van der Waals surface area contributed by atoms with Gasteiger partial charge in [0, 0.05) is 11.1 Å². The van der Waals surface area contributed by atoms with Gasteiger partial charge >= 0.3 is 10.3 Å². The topological polar surface area (TPSA) is 94.0 Å². The summed E-state index contributed by atoms with van der Waals surface area (Å²) in [6, 6.07) is 13.3. The predicted octanol–water partition coefficient (Wildman–Crippen LogP) is 2.83. The second-order valence-corrected chi connectivity index (χ2v) is 6.54. The van der Waals surface area contributed by atoms with Crippen molar-refractivity contribution in [2.75, 3.05) is 5.32 Å². The molecule has 0 amide bonds. The standard InChI is InChI=1S/C13H10Cl2N4O3S/c14-12-11(13(15)18-19(17-12)23(20,21)22)16-10-7-3-5-8-4-1-2-6-9(8)10/h1-7,16-17H,(H,20,21,22). The fourth-order valence-electron chi connectivity index (χ4n) is 2.07. The van der Waals surface area contributed by atoms with Crippen molar-refractivity contribution in [3.05, 3.63) is 53.3 Å². The number of hydrogen-bond donors (Lipinski definition) is 3. The highest BCUT2D eigenvalue weighted by atomic mass is 35.5. The third-order valence-corrected chi connectivity index (χ3v) is 4.21. The summed E-state index contributed by atoms with van der Waals surface area (Å²) in [5.41, 5.74) is 3.11. The SMILES string of the molecule is O=S(=O)(O)N1N=C(Cl)C(Nc2cccc3ccccc23)=C(Cl)N1. The second-order valence-electron chi connectivity index (χ2n) is 4.56.